The van der Waals surface area contributed by atoms with Gasteiger partial charge in [0, 0.05) is 6.04 Å². The molecule has 0 heterocycles. The summed E-state index contributed by atoms with van der Waals surface area (Å²) in [6, 6.07) is 10.1. The monoisotopic (exact) mass is 302 g/mol. The van der Waals surface area contributed by atoms with Crippen LogP contribution in [0.15, 0.2) is 30.3 Å². The van der Waals surface area contributed by atoms with Crippen LogP contribution in [0, 0.1) is 17.8 Å². The van der Waals surface area contributed by atoms with E-state index in [4.69, 9.17) is 10.5 Å². The molecule has 4 nitrogen and oxygen atoms in total. The van der Waals surface area contributed by atoms with Gasteiger partial charge in [-0.3, -0.25) is 0 Å². The van der Waals surface area contributed by atoms with Crippen LogP contribution in [0.5, 0.6) is 0 Å². The van der Waals surface area contributed by atoms with Crippen molar-refractivity contribution in [3.63, 3.8) is 0 Å². The highest BCUT2D eigenvalue weighted by Crippen LogP contribution is 2.42. The minimum atomic E-state index is -0.281. The molecule has 0 radical (unpaired) electrons. The number of ether oxygens (including phenoxy) is 1. The van der Waals surface area contributed by atoms with E-state index in [0.29, 0.717) is 24.4 Å². The number of amides is 1. The summed E-state index contributed by atoms with van der Waals surface area (Å²) in [5.41, 5.74) is 6.87. The maximum Gasteiger partial charge on any atom is 0.407 e. The summed E-state index contributed by atoms with van der Waals surface area (Å²) in [4.78, 5) is 12.1. The van der Waals surface area contributed by atoms with Gasteiger partial charge in [-0.15, -0.1) is 0 Å². The van der Waals surface area contributed by atoms with Gasteiger partial charge in [-0.05, 0) is 55.5 Å². The third kappa shape index (κ3) is 3.61. The molecule has 1 unspecified atom stereocenters. The number of benzene rings is 1. The summed E-state index contributed by atoms with van der Waals surface area (Å²) in [5, 5.41) is 3.13. The predicted molar refractivity (Wildman–Crippen MR) is 86.2 cm³/mol. The van der Waals surface area contributed by atoms with E-state index < -0.39 is 0 Å². The minimum Gasteiger partial charge on any atom is -0.445 e. The second kappa shape index (κ2) is 7.14. The molecule has 4 atom stereocenters. The molecular formula is C18H26N2O2. The van der Waals surface area contributed by atoms with Crippen LogP contribution in [-0.4, -0.2) is 18.7 Å². The van der Waals surface area contributed by atoms with Crippen LogP contribution in [0.3, 0.4) is 0 Å². The van der Waals surface area contributed by atoms with Gasteiger partial charge < -0.3 is 15.8 Å². The quantitative estimate of drug-likeness (QED) is 0.898. The van der Waals surface area contributed by atoms with Gasteiger partial charge in [-0.2, -0.15) is 0 Å². The number of fused-ring (bicyclic) bond motifs is 2. The topological polar surface area (TPSA) is 64.3 Å². The molecule has 2 saturated carbocycles. The Kier molecular flexibility index (Phi) is 4.98. The molecule has 120 valence electrons. The van der Waals surface area contributed by atoms with E-state index in [1.54, 1.807) is 0 Å². The zero-order chi connectivity index (χ0) is 15.4. The van der Waals surface area contributed by atoms with Crippen molar-refractivity contribution in [1.82, 2.24) is 5.32 Å². The molecule has 22 heavy (non-hydrogen) atoms. The molecular weight excluding hydrogens is 276 g/mol. The van der Waals surface area contributed by atoms with Gasteiger partial charge >= 0.3 is 6.09 Å². The maximum atomic E-state index is 12.1. The summed E-state index contributed by atoms with van der Waals surface area (Å²) in [6.07, 6.45) is 5.71. The lowest BCUT2D eigenvalue weighted by molar-refractivity contribution is 0.0722. The minimum absolute atomic E-state index is 0.278. The van der Waals surface area contributed by atoms with E-state index in [0.717, 1.165) is 24.9 Å². The predicted octanol–water partition coefficient (Wildman–Crippen LogP) is 3.07. The van der Waals surface area contributed by atoms with Gasteiger partial charge in [0.15, 0.2) is 0 Å². The van der Waals surface area contributed by atoms with Gasteiger partial charge in [0.25, 0.3) is 0 Å². The Morgan fingerprint density at radius 2 is 1.86 bits per heavy atom. The Morgan fingerprint density at radius 3 is 2.50 bits per heavy atom. The molecule has 1 aromatic rings. The van der Waals surface area contributed by atoms with Gasteiger partial charge in [-0.25, -0.2) is 4.79 Å². The molecule has 3 rings (SSSR count). The number of carbonyl (C=O) groups excluding carboxylic acids is 1. The molecule has 3 N–H and O–H groups in total. The first-order valence-electron chi connectivity index (χ1n) is 8.43. The Bertz CT molecular complexity index is 477. The Hall–Kier alpha value is -1.55. The zero-order valence-electron chi connectivity index (χ0n) is 13.0. The van der Waals surface area contributed by atoms with Crippen molar-refractivity contribution < 1.29 is 9.53 Å². The third-order valence-electron chi connectivity index (χ3n) is 5.27. The highest BCUT2D eigenvalue weighted by atomic mass is 16.5. The second-order valence-electron chi connectivity index (χ2n) is 6.76. The highest BCUT2D eigenvalue weighted by Gasteiger charge is 2.40. The van der Waals surface area contributed by atoms with E-state index in [-0.39, 0.29) is 12.1 Å². The largest absolute Gasteiger partial charge is 0.445 e. The first-order chi connectivity index (χ1) is 10.8. The fourth-order valence-corrected chi connectivity index (χ4v) is 4.20. The van der Waals surface area contributed by atoms with E-state index in [9.17, 15) is 4.79 Å². The standard InChI is InChI=1S/C18H26N2O2/c19-11-14-9-15-7-4-8-16(10-14)17(15)20-18(21)22-12-13-5-2-1-3-6-13/h1-3,5-6,14-17H,4,7-12,19H2,(H,20,21)/t14?,15-,16+,17-. The Balaban J connectivity index is 1.52. The molecule has 0 saturated heterocycles. The normalized spacial score (nSPS) is 30.6. The second-order valence-corrected chi connectivity index (χ2v) is 6.76. The van der Waals surface area contributed by atoms with Crippen molar-refractivity contribution in [3.8, 4) is 0 Å². The number of alkyl carbamates (subject to hydrolysis) is 1. The van der Waals surface area contributed by atoms with Crippen LogP contribution in [0.2, 0.25) is 0 Å². The maximum absolute atomic E-state index is 12.1. The summed E-state index contributed by atoms with van der Waals surface area (Å²) in [6.45, 7) is 1.11. The number of rotatable bonds is 4. The van der Waals surface area contributed by atoms with E-state index in [2.05, 4.69) is 5.32 Å². The van der Waals surface area contributed by atoms with Crippen LogP contribution < -0.4 is 11.1 Å². The number of hydrogen-bond donors (Lipinski definition) is 2. The molecule has 4 heteroatoms. The average Bonchev–Trinajstić information content (AvgIpc) is 2.53. The summed E-state index contributed by atoms with van der Waals surface area (Å²) in [5.74, 6) is 1.78. The highest BCUT2D eigenvalue weighted by molar-refractivity contribution is 5.67. The van der Waals surface area contributed by atoms with E-state index in [1.165, 1.54) is 19.3 Å². The molecule has 2 fully saturated rings. The fraction of sp³-hybridized carbons (Fsp3) is 0.611. The van der Waals surface area contributed by atoms with Crippen LogP contribution >= 0.6 is 0 Å². The van der Waals surface area contributed by atoms with Gasteiger partial charge in [0.2, 0.25) is 0 Å². The van der Waals surface area contributed by atoms with Crippen molar-refractivity contribution in [3.05, 3.63) is 35.9 Å². The summed E-state index contributed by atoms with van der Waals surface area (Å²) >= 11 is 0. The fourth-order valence-electron chi connectivity index (χ4n) is 4.20. The zero-order valence-corrected chi connectivity index (χ0v) is 13.0. The lowest BCUT2D eigenvalue weighted by Crippen LogP contribution is -2.52. The van der Waals surface area contributed by atoms with Crippen LogP contribution in [-0.2, 0) is 11.3 Å². The lowest BCUT2D eigenvalue weighted by Gasteiger charge is -2.45. The number of hydrogen-bond acceptors (Lipinski definition) is 3. The van der Waals surface area contributed by atoms with Crippen molar-refractivity contribution in [2.24, 2.45) is 23.5 Å². The number of nitrogens with one attached hydrogen (secondary N) is 1. The number of nitrogens with two attached hydrogens (primary N) is 1. The Labute approximate surface area is 132 Å². The molecule has 1 amide bonds. The summed E-state index contributed by atoms with van der Waals surface area (Å²) < 4.78 is 5.37. The smallest absolute Gasteiger partial charge is 0.407 e. The average molecular weight is 302 g/mol. The number of carbonyl (C=O) groups is 1. The van der Waals surface area contributed by atoms with Gasteiger partial charge in [0.1, 0.15) is 6.61 Å². The van der Waals surface area contributed by atoms with Crippen molar-refractivity contribution in [1.29, 1.82) is 0 Å². The van der Waals surface area contributed by atoms with Crippen LogP contribution in [0.1, 0.15) is 37.7 Å². The first-order valence-corrected chi connectivity index (χ1v) is 8.43. The summed E-state index contributed by atoms with van der Waals surface area (Å²) in [7, 11) is 0. The molecule has 2 bridgehead atoms. The Morgan fingerprint density at radius 1 is 1.18 bits per heavy atom. The van der Waals surface area contributed by atoms with Gasteiger partial charge in [-0.1, -0.05) is 36.8 Å². The first kappa shape index (κ1) is 15.3. The van der Waals surface area contributed by atoms with Crippen LogP contribution in [0.25, 0.3) is 0 Å². The van der Waals surface area contributed by atoms with Crippen LogP contribution in [0.4, 0.5) is 4.79 Å². The van der Waals surface area contributed by atoms with E-state index in [1.807, 2.05) is 30.3 Å². The van der Waals surface area contributed by atoms with Crippen molar-refractivity contribution >= 4 is 6.09 Å². The van der Waals surface area contributed by atoms with Crippen molar-refractivity contribution in [2.45, 2.75) is 44.8 Å². The molecule has 0 aliphatic heterocycles. The van der Waals surface area contributed by atoms with E-state index >= 15 is 0 Å². The van der Waals surface area contributed by atoms with Gasteiger partial charge in [0.05, 0.1) is 0 Å². The molecule has 2 aliphatic carbocycles. The molecule has 0 aromatic heterocycles. The third-order valence-corrected chi connectivity index (χ3v) is 5.27. The lowest BCUT2D eigenvalue weighted by atomic mass is 9.65. The van der Waals surface area contributed by atoms with Crippen molar-refractivity contribution in [2.75, 3.05) is 6.54 Å². The molecule has 2 aliphatic rings. The molecule has 1 aromatic carbocycles. The SMILES string of the molecule is NCC1C[C@H]2CCC[C@@H](C1)[C@@H]2NC(=O)OCc1ccccc1. The molecule has 0 spiro atoms.